The lowest BCUT2D eigenvalue weighted by molar-refractivity contribution is -0.125. The summed E-state index contributed by atoms with van der Waals surface area (Å²) in [5.74, 6) is -0.234. The first-order valence-electron chi connectivity index (χ1n) is 7.18. The van der Waals surface area contributed by atoms with Gasteiger partial charge in [-0.3, -0.25) is 4.79 Å². The minimum atomic E-state index is -3.63. The monoisotopic (exact) mass is 310 g/mol. The Morgan fingerprint density at radius 3 is 2.57 bits per heavy atom. The number of nitrogens with one attached hydrogen (secondary N) is 1. The molecule has 0 aliphatic carbocycles. The van der Waals surface area contributed by atoms with Crippen LogP contribution in [0.2, 0.25) is 0 Å². The number of nitrogens with zero attached hydrogens (tertiary/aromatic N) is 1. The van der Waals surface area contributed by atoms with Gasteiger partial charge in [0.2, 0.25) is 15.9 Å². The summed E-state index contributed by atoms with van der Waals surface area (Å²) >= 11 is 0. The number of piperidine rings is 1. The molecule has 0 spiro atoms. The topological polar surface area (TPSA) is 66.5 Å². The summed E-state index contributed by atoms with van der Waals surface area (Å²) < 4.78 is 27.0. The molecule has 1 atom stereocenters. The number of rotatable bonds is 3. The van der Waals surface area contributed by atoms with Crippen LogP contribution in [0.1, 0.15) is 30.4 Å². The molecule has 0 bridgehead atoms. The highest BCUT2D eigenvalue weighted by Crippen LogP contribution is 2.26. The number of hydrogen-bond donors (Lipinski definition) is 1. The molecule has 1 aromatic carbocycles. The van der Waals surface area contributed by atoms with Crippen LogP contribution in [-0.2, 0) is 14.8 Å². The van der Waals surface area contributed by atoms with E-state index in [1.54, 1.807) is 18.2 Å². The van der Waals surface area contributed by atoms with Crippen molar-refractivity contribution in [1.29, 1.82) is 0 Å². The van der Waals surface area contributed by atoms with Crippen LogP contribution >= 0.6 is 0 Å². The number of amides is 1. The van der Waals surface area contributed by atoms with Crippen molar-refractivity contribution >= 4 is 15.9 Å². The summed E-state index contributed by atoms with van der Waals surface area (Å²) in [6.45, 7) is 4.23. The minimum Gasteiger partial charge on any atom is -0.358 e. The zero-order valence-electron chi connectivity index (χ0n) is 12.7. The van der Waals surface area contributed by atoms with Crippen molar-refractivity contribution in [1.82, 2.24) is 9.62 Å². The maximum atomic E-state index is 12.8. The van der Waals surface area contributed by atoms with Gasteiger partial charge in [0, 0.05) is 13.6 Å². The Balaban J connectivity index is 2.40. The van der Waals surface area contributed by atoms with E-state index in [1.807, 2.05) is 13.8 Å². The van der Waals surface area contributed by atoms with Crippen molar-refractivity contribution in [2.45, 2.75) is 44.0 Å². The second kappa shape index (κ2) is 6.15. The summed E-state index contributed by atoms with van der Waals surface area (Å²) in [4.78, 5) is 12.2. The van der Waals surface area contributed by atoms with Crippen LogP contribution in [-0.4, -0.2) is 38.3 Å². The van der Waals surface area contributed by atoms with Crippen molar-refractivity contribution in [2.75, 3.05) is 13.6 Å². The van der Waals surface area contributed by atoms with Gasteiger partial charge in [0.1, 0.15) is 6.04 Å². The number of aryl methyl sites for hydroxylation is 2. The van der Waals surface area contributed by atoms with Crippen LogP contribution in [0, 0.1) is 13.8 Å². The lowest BCUT2D eigenvalue weighted by atomic mass is 10.0. The molecule has 1 N–H and O–H groups in total. The molecule has 2 rings (SSSR count). The zero-order chi connectivity index (χ0) is 15.6. The number of carbonyl (C=O) groups is 1. The van der Waals surface area contributed by atoms with Gasteiger partial charge in [-0.1, -0.05) is 12.5 Å². The molecule has 1 fully saturated rings. The highest BCUT2D eigenvalue weighted by atomic mass is 32.2. The second-order valence-electron chi connectivity index (χ2n) is 5.49. The molecule has 1 aliphatic rings. The smallest absolute Gasteiger partial charge is 0.243 e. The van der Waals surface area contributed by atoms with E-state index in [1.165, 1.54) is 11.4 Å². The normalized spacial score (nSPS) is 20.2. The zero-order valence-corrected chi connectivity index (χ0v) is 13.5. The van der Waals surface area contributed by atoms with E-state index in [4.69, 9.17) is 0 Å². The van der Waals surface area contributed by atoms with Crippen molar-refractivity contribution < 1.29 is 13.2 Å². The fraction of sp³-hybridized carbons (Fsp3) is 0.533. The van der Waals surface area contributed by atoms with Crippen LogP contribution in [0.25, 0.3) is 0 Å². The molecule has 1 amide bonds. The molecule has 0 saturated carbocycles. The molecule has 21 heavy (non-hydrogen) atoms. The van der Waals surface area contributed by atoms with Gasteiger partial charge in [-0.2, -0.15) is 4.31 Å². The Bertz CT molecular complexity index is 640. The first kappa shape index (κ1) is 16.0. The van der Waals surface area contributed by atoms with Crippen molar-refractivity contribution in [3.05, 3.63) is 29.3 Å². The Hall–Kier alpha value is -1.40. The molecule has 6 heteroatoms. The first-order chi connectivity index (χ1) is 9.87. The summed E-state index contributed by atoms with van der Waals surface area (Å²) in [6, 6.07) is 4.50. The average molecular weight is 310 g/mol. The SMILES string of the molecule is CNC(=O)[C@@H]1CCCCN1S(=O)(=O)c1ccc(C)c(C)c1. The first-order valence-corrected chi connectivity index (χ1v) is 8.62. The number of hydrogen-bond acceptors (Lipinski definition) is 3. The quantitative estimate of drug-likeness (QED) is 0.922. The molecule has 0 radical (unpaired) electrons. The lowest BCUT2D eigenvalue weighted by Crippen LogP contribution is -2.51. The molecular formula is C15H22N2O3S. The van der Waals surface area contributed by atoms with Crippen LogP contribution in [0.3, 0.4) is 0 Å². The number of sulfonamides is 1. The van der Waals surface area contributed by atoms with E-state index in [0.717, 1.165) is 24.0 Å². The van der Waals surface area contributed by atoms with Crippen LogP contribution in [0.15, 0.2) is 23.1 Å². The fourth-order valence-corrected chi connectivity index (χ4v) is 4.37. The predicted octanol–water partition coefficient (Wildman–Crippen LogP) is 1.59. The molecule has 116 valence electrons. The molecule has 1 aliphatic heterocycles. The molecule has 1 saturated heterocycles. The summed E-state index contributed by atoms with van der Waals surface area (Å²) in [5.41, 5.74) is 1.99. The van der Waals surface area contributed by atoms with Gasteiger partial charge in [-0.05, 0) is 49.9 Å². The Kier molecular flexibility index (Phi) is 4.68. The number of carbonyl (C=O) groups excluding carboxylic acids is 1. The van der Waals surface area contributed by atoms with Gasteiger partial charge in [-0.15, -0.1) is 0 Å². The lowest BCUT2D eigenvalue weighted by Gasteiger charge is -2.33. The fourth-order valence-electron chi connectivity index (χ4n) is 2.63. The van der Waals surface area contributed by atoms with E-state index in [9.17, 15) is 13.2 Å². The second-order valence-corrected chi connectivity index (χ2v) is 7.38. The molecule has 0 aromatic heterocycles. The number of likely N-dealkylation sites (N-methyl/N-ethyl adjacent to an activating group) is 1. The van der Waals surface area contributed by atoms with E-state index in [2.05, 4.69) is 5.32 Å². The summed E-state index contributed by atoms with van der Waals surface area (Å²) in [7, 11) is -2.09. The van der Waals surface area contributed by atoms with Gasteiger partial charge in [0.15, 0.2) is 0 Å². The Morgan fingerprint density at radius 1 is 1.24 bits per heavy atom. The third-order valence-electron chi connectivity index (χ3n) is 4.09. The third-order valence-corrected chi connectivity index (χ3v) is 5.99. The largest absolute Gasteiger partial charge is 0.358 e. The highest BCUT2D eigenvalue weighted by molar-refractivity contribution is 7.89. The van der Waals surface area contributed by atoms with E-state index in [0.29, 0.717) is 13.0 Å². The molecular weight excluding hydrogens is 288 g/mol. The third kappa shape index (κ3) is 3.11. The van der Waals surface area contributed by atoms with Crippen molar-refractivity contribution in [2.24, 2.45) is 0 Å². The van der Waals surface area contributed by atoms with Crippen molar-refractivity contribution in [3.8, 4) is 0 Å². The van der Waals surface area contributed by atoms with Gasteiger partial charge < -0.3 is 5.32 Å². The van der Waals surface area contributed by atoms with Gasteiger partial charge in [0.25, 0.3) is 0 Å². The minimum absolute atomic E-state index is 0.234. The average Bonchev–Trinajstić information content (AvgIpc) is 2.49. The van der Waals surface area contributed by atoms with E-state index < -0.39 is 16.1 Å². The standard InChI is InChI=1S/C15H22N2O3S/c1-11-7-8-13(10-12(11)2)21(19,20)17-9-5-4-6-14(17)15(18)16-3/h7-8,10,14H,4-6,9H2,1-3H3,(H,16,18)/t14-/m0/s1. The maximum absolute atomic E-state index is 12.8. The van der Waals surface area contributed by atoms with Gasteiger partial charge in [0.05, 0.1) is 4.90 Å². The van der Waals surface area contributed by atoms with Crippen LogP contribution in [0.5, 0.6) is 0 Å². The molecule has 0 unspecified atom stereocenters. The van der Waals surface area contributed by atoms with Gasteiger partial charge in [-0.25, -0.2) is 8.42 Å². The predicted molar refractivity (Wildman–Crippen MR) is 81.5 cm³/mol. The van der Waals surface area contributed by atoms with Crippen molar-refractivity contribution in [3.63, 3.8) is 0 Å². The Labute approximate surface area is 126 Å². The van der Waals surface area contributed by atoms with Crippen LogP contribution in [0.4, 0.5) is 0 Å². The summed E-state index contributed by atoms with van der Waals surface area (Å²) in [6.07, 6.45) is 2.23. The van der Waals surface area contributed by atoms with E-state index in [-0.39, 0.29) is 10.8 Å². The summed E-state index contributed by atoms with van der Waals surface area (Å²) in [5, 5.41) is 2.56. The van der Waals surface area contributed by atoms with E-state index >= 15 is 0 Å². The number of benzene rings is 1. The molecule has 1 heterocycles. The molecule has 5 nitrogen and oxygen atoms in total. The maximum Gasteiger partial charge on any atom is 0.243 e. The molecule has 1 aromatic rings. The Morgan fingerprint density at radius 2 is 1.95 bits per heavy atom. The van der Waals surface area contributed by atoms with Gasteiger partial charge >= 0.3 is 0 Å². The highest BCUT2D eigenvalue weighted by Gasteiger charge is 2.37. The van der Waals surface area contributed by atoms with Crippen LogP contribution < -0.4 is 5.32 Å².